The summed E-state index contributed by atoms with van der Waals surface area (Å²) in [5.41, 5.74) is 0.790. The van der Waals surface area contributed by atoms with Crippen LogP contribution in [0.25, 0.3) is 0 Å². The minimum Gasteiger partial charge on any atom is -0.392 e. The molecule has 0 aliphatic carbocycles. The van der Waals surface area contributed by atoms with Gasteiger partial charge in [0.2, 0.25) is 0 Å². The molecule has 5 nitrogen and oxygen atoms in total. The van der Waals surface area contributed by atoms with Gasteiger partial charge in [0.25, 0.3) is 10.0 Å². The molecular weight excluding hydrogens is 368 g/mol. The fraction of sp³-hybridized carbons (Fsp3) is 0.0833. The molecule has 2 N–H and O–H groups in total. The predicted octanol–water partition coefficient (Wildman–Crippen LogP) is 2.79. The van der Waals surface area contributed by atoms with Gasteiger partial charge in [0.15, 0.2) is 5.03 Å². The predicted molar refractivity (Wildman–Crippen MR) is 80.1 cm³/mol. The van der Waals surface area contributed by atoms with E-state index in [2.05, 4.69) is 25.6 Å². The highest BCUT2D eigenvalue weighted by atomic mass is 79.9. The van der Waals surface area contributed by atoms with Crippen LogP contribution in [0.3, 0.4) is 0 Å². The number of hydrogen-bond donors (Lipinski definition) is 2. The lowest BCUT2D eigenvalue weighted by Gasteiger charge is -2.09. The molecule has 20 heavy (non-hydrogen) atoms. The lowest BCUT2D eigenvalue weighted by molar-refractivity contribution is 0.281. The second-order valence-corrected chi connectivity index (χ2v) is 6.84. The van der Waals surface area contributed by atoms with E-state index < -0.39 is 10.0 Å². The van der Waals surface area contributed by atoms with E-state index in [4.69, 9.17) is 16.7 Å². The van der Waals surface area contributed by atoms with Crippen LogP contribution in [0.1, 0.15) is 5.56 Å². The van der Waals surface area contributed by atoms with Gasteiger partial charge in [0, 0.05) is 10.7 Å². The van der Waals surface area contributed by atoms with Crippen LogP contribution in [0.2, 0.25) is 5.02 Å². The van der Waals surface area contributed by atoms with Gasteiger partial charge in [0.1, 0.15) is 0 Å². The van der Waals surface area contributed by atoms with Crippen LogP contribution in [-0.4, -0.2) is 18.5 Å². The van der Waals surface area contributed by atoms with Crippen molar-refractivity contribution in [1.29, 1.82) is 0 Å². The lowest BCUT2D eigenvalue weighted by atomic mass is 10.3. The summed E-state index contributed by atoms with van der Waals surface area (Å²) in [6, 6.07) is 7.64. The van der Waals surface area contributed by atoms with E-state index in [1.807, 2.05) is 0 Å². The Labute approximate surface area is 129 Å². The van der Waals surface area contributed by atoms with E-state index in [0.717, 1.165) is 0 Å². The molecule has 0 radical (unpaired) electrons. The monoisotopic (exact) mass is 376 g/mol. The van der Waals surface area contributed by atoms with Crippen molar-refractivity contribution in [2.24, 2.45) is 0 Å². The third kappa shape index (κ3) is 3.49. The largest absolute Gasteiger partial charge is 0.392 e. The van der Waals surface area contributed by atoms with Crippen molar-refractivity contribution in [2.75, 3.05) is 4.72 Å². The molecular formula is C12H10BrClN2O3S. The molecule has 106 valence electrons. The van der Waals surface area contributed by atoms with Crippen LogP contribution in [0.15, 0.2) is 46.0 Å². The van der Waals surface area contributed by atoms with Crippen molar-refractivity contribution < 1.29 is 13.5 Å². The van der Waals surface area contributed by atoms with Crippen LogP contribution < -0.4 is 4.72 Å². The number of sulfonamides is 1. The molecule has 1 aromatic carbocycles. The van der Waals surface area contributed by atoms with Gasteiger partial charge in [0.05, 0.1) is 17.3 Å². The summed E-state index contributed by atoms with van der Waals surface area (Å²) in [5, 5.41) is 9.04. The van der Waals surface area contributed by atoms with Crippen LogP contribution >= 0.6 is 27.5 Å². The van der Waals surface area contributed by atoms with Crippen LogP contribution in [0, 0.1) is 0 Å². The first-order chi connectivity index (χ1) is 9.42. The molecule has 0 unspecified atom stereocenters. The van der Waals surface area contributed by atoms with Gasteiger partial charge in [-0.2, -0.15) is 8.42 Å². The third-order valence-corrected chi connectivity index (χ3v) is 4.53. The zero-order valence-corrected chi connectivity index (χ0v) is 13.2. The zero-order valence-electron chi connectivity index (χ0n) is 10.0. The number of anilines is 1. The Kier molecular flexibility index (Phi) is 4.64. The summed E-state index contributed by atoms with van der Waals surface area (Å²) in [4.78, 5) is 3.80. The van der Waals surface area contributed by atoms with Crippen molar-refractivity contribution in [3.05, 3.63) is 51.6 Å². The van der Waals surface area contributed by atoms with E-state index >= 15 is 0 Å². The molecule has 2 rings (SSSR count). The standard InChI is InChI=1S/C12H10BrClN2O3S/c13-9-2-3-10(14)11(5-9)16-20(18,19)12-4-1-8(7-17)6-15-12/h1-6,16-17H,7H2. The second kappa shape index (κ2) is 6.09. The summed E-state index contributed by atoms with van der Waals surface area (Å²) in [5.74, 6) is 0. The number of halogens is 2. The Morgan fingerprint density at radius 2 is 2.05 bits per heavy atom. The summed E-state index contributed by atoms with van der Waals surface area (Å²) in [7, 11) is -3.83. The molecule has 0 aliphatic heterocycles. The van der Waals surface area contributed by atoms with Crippen LogP contribution in [0.4, 0.5) is 5.69 Å². The highest BCUT2D eigenvalue weighted by Crippen LogP contribution is 2.27. The van der Waals surface area contributed by atoms with E-state index in [1.165, 1.54) is 18.3 Å². The topological polar surface area (TPSA) is 79.3 Å². The Bertz CT molecular complexity index is 720. The molecule has 0 atom stereocenters. The molecule has 0 saturated carbocycles. The van der Waals surface area contributed by atoms with E-state index in [9.17, 15) is 8.42 Å². The highest BCUT2D eigenvalue weighted by Gasteiger charge is 2.17. The maximum Gasteiger partial charge on any atom is 0.279 e. The maximum absolute atomic E-state index is 12.2. The number of nitrogens with zero attached hydrogens (tertiary/aromatic N) is 1. The molecule has 0 bridgehead atoms. The van der Waals surface area contributed by atoms with Gasteiger partial charge in [-0.15, -0.1) is 0 Å². The molecule has 1 heterocycles. The Morgan fingerprint density at radius 1 is 1.30 bits per heavy atom. The molecule has 0 amide bonds. The number of pyridine rings is 1. The fourth-order valence-corrected chi connectivity index (χ4v) is 3.02. The van der Waals surface area contributed by atoms with Crippen molar-refractivity contribution in [1.82, 2.24) is 4.98 Å². The van der Waals surface area contributed by atoms with Gasteiger partial charge in [-0.1, -0.05) is 33.6 Å². The number of aromatic nitrogens is 1. The first-order valence-corrected chi connectivity index (χ1v) is 8.11. The number of benzene rings is 1. The van der Waals surface area contributed by atoms with Gasteiger partial charge >= 0.3 is 0 Å². The second-order valence-electron chi connectivity index (χ2n) is 3.89. The minimum absolute atomic E-state index is 0.147. The Hall–Kier alpha value is -1.15. The van der Waals surface area contributed by atoms with Crippen molar-refractivity contribution >= 4 is 43.2 Å². The van der Waals surface area contributed by atoms with Gasteiger partial charge < -0.3 is 5.11 Å². The van der Waals surface area contributed by atoms with E-state index in [1.54, 1.807) is 18.2 Å². The summed E-state index contributed by atoms with van der Waals surface area (Å²) < 4.78 is 27.4. The molecule has 2 aromatic rings. The van der Waals surface area contributed by atoms with Crippen LogP contribution in [0.5, 0.6) is 0 Å². The number of rotatable bonds is 4. The SMILES string of the molecule is O=S(=O)(Nc1cc(Br)ccc1Cl)c1ccc(CO)cn1. The number of aliphatic hydroxyl groups is 1. The maximum atomic E-state index is 12.2. The number of nitrogens with one attached hydrogen (secondary N) is 1. The summed E-state index contributed by atoms with van der Waals surface area (Å²) in [6.45, 7) is -0.196. The number of hydrogen-bond acceptors (Lipinski definition) is 4. The summed E-state index contributed by atoms with van der Waals surface area (Å²) in [6.07, 6.45) is 1.30. The normalized spacial score (nSPS) is 11.3. The average Bonchev–Trinajstić information content (AvgIpc) is 2.43. The van der Waals surface area contributed by atoms with Gasteiger partial charge in [-0.05, 0) is 29.8 Å². The van der Waals surface area contributed by atoms with E-state index in [-0.39, 0.29) is 22.3 Å². The first kappa shape index (κ1) is 15.2. The van der Waals surface area contributed by atoms with Gasteiger partial charge in [-0.3, -0.25) is 4.72 Å². The number of aliphatic hydroxyl groups excluding tert-OH is 1. The molecule has 1 aromatic heterocycles. The Morgan fingerprint density at radius 3 is 2.65 bits per heavy atom. The summed E-state index contributed by atoms with van der Waals surface area (Å²) >= 11 is 9.18. The minimum atomic E-state index is -3.83. The third-order valence-electron chi connectivity index (χ3n) is 2.43. The average molecular weight is 378 g/mol. The quantitative estimate of drug-likeness (QED) is 0.858. The molecule has 0 fully saturated rings. The first-order valence-electron chi connectivity index (χ1n) is 5.46. The molecule has 8 heteroatoms. The van der Waals surface area contributed by atoms with Crippen molar-refractivity contribution in [2.45, 2.75) is 11.6 Å². The van der Waals surface area contributed by atoms with Gasteiger partial charge in [-0.25, -0.2) is 4.98 Å². The zero-order chi connectivity index (χ0) is 14.8. The smallest absolute Gasteiger partial charge is 0.279 e. The molecule has 0 saturated heterocycles. The highest BCUT2D eigenvalue weighted by molar-refractivity contribution is 9.10. The van der Waals surface area contributed by atoms with E-state index in [0.29, 0.717) is 10.0 Å². The fourth-order valence-electron chi connectivity index (χ4n) is 1.44. The molecule has 0 spiro atoms. The Balaban J connectivity index is 2.32. The molecule has 0 aliphatic rings. The van der Waals surface area contributed by atoms with Crippen molar-refractivity contribution in [3.8, 4) is 0 Å². The van der Waals surface area contributed by atoms with Crippen LogP contribution in [-0.2, 0) is 16.6 Å². The lowest BCUT2D eigenvalue weighted by Crippen LogP contribution is -2.14. The van der Waals surface area contributed by atoms with Crippen molar-refractivity contribution in [3.63, 3.8) is 0 Å².